The molecule has 0 aliphatic heterocycles. The van der Waals surface area contributed by atoms with Gasteiger partial charge in [-0.1, -0.05) is 6.92 Å². The molecule has 1 aromatic rings. The van der Waals surface area contributed by atoms with Crippen molar-refractivity contribution in [3.63, 3.8) is 0 Å². The van der Waals surface area contributed by atoms with Crippen LogP contribution in [0.2, 0.25) is 0 Å². The predicted octanol–water partition coefficient (Wildman–Crippen LogP) is 1.58. The van der Waals surface area contributed by atoms with Crippen LogP contribution in [0.15, 0.2) is 23.4 Å². The van der Waals surface area contributed by atoms with Gasteiger partial charge >= 0.3 is 0 Å². The molecule has 0 unspecified atom stereocenters. The number of hydrogen-bond acceptors (Lipinski definition) is 5. The van der Waals surface area contributed by atoms with Crippen molar-refractivity contribution in [2.24, 2.45) is 0 Å². The average molecular weight is 260 g/mol. The third-order valence-electron chi connectivity index (χ3n) is 2.08. The van der Waals surface area contributed by atoms with Gasteiger partial charge in [-0.2, -0.15) is 0 Å². The third-order valence-corrected chi connectivity index (χ3v) is 4.98. The van der Waals surface area contributed by atoms with Crippen molar-refractivity contribution in [2.45, 2.75) is 18.4 Å². The average Bonchev–Trinajstić information content (AvgIpc) is 2.27. The molecular formula is C10H16N2O2S2. The first-order valence-electron chi connectivity index (χ1n) is 5.09. The van der Waals surface area contributed by atoms with Gasteiger partial charge in [-0.3, -0.25) is 0 Å². The number of hydrogen-bond donors (Lipinski definition) is 1. The van der Waals surface area contributed by atoms with E-state index in [0.717, 1.165) is 10.8 Å². The largest absolute Gasteiger partial charge is 0.397 e. The summed E-state index contributed by atoms with van der Waals surface area (Å²) in [6, 6.07) is 3.57. The van der Waals surface area contributed by atoms with Crippen molar-refractivity contribution in [3.8, 4) is 0 Å². The van der Waals surface area contributed by atoms with Crippen LogP contribution in [-0.4, -0.2) is 30.7 Å². The van der Waals surface area contributed by atoms with Gasteiger partial charge in [0.2, 0.25) is 0 Å². The Morgan fingerprint density at radius 1 is 1.50 bits per heavy atom. The van der Waals surface area contributed by atoms with E-state index >= 15 is 0 Å². The standard InChI is InChI=1S/C10H16N2O2S2/c1-2-16(13,14)8-4-7-15-10-9(11)5-3-6-12-10/h3,5-6H,2,4,7-8,11H2,1H3. The van der Waals surface area contributed by atoms with Crippen LogP contribution in [0.3, 0.4) is 0 Å². The Labute approximate surface area is 101 Å². The van der Waals surface area contributed by atoms with Crippen molar-refractivity contribution in [1.82, 2.24) is 4.98 Å². The minimum atomic E-state index is -2.85. The fourth-order valence-corrected chi connectivity index (χ4v) is 3.02. The molecule has 0 aliphatic rings. The normalized spacial score (nSPS) is 11.6. The first-order chi connectivity index (χ1) is 7.55. The molecule has 4 nitrogen and oxygen atoms in total. The summed E-state index contributed by atoms with van der Waals surface area (Å²) >= 11 is 1.50. The number of thioether (sulfide) groups is 1. The fraction of sp³-hybridized carbons (Fsp3) is 0.500. The molecule has 90 valence electrons. The van der Waals surface area contributed by atoms with E-state index in [9.17, 15) is 8.42 Å². The summed E-state index contributed by atoms with van der Waals surface area (Å²) in [6.45, 7) is 1.67. The highest BCUT2D eigenvalue weighted by molar-refractivity contribution is 7.99. The number of sulfone groups is 1. The summed E-state index contributed by atoms with van der Waals surface area (Å²) in [6.07, 6.45) is 2.32. The molecule has 6 heteroatoms. The lowest BCUT2D eigenvalue weighted by molar-refractivity contribution is 0.596. The van der Waals surface area contributed by atoms with Crippen molar-refractivity contribution < 1.29 is 8.42 Å². The molecule has 0 fully saturated rings. The van der Waals surface area contributed by atoms with E-state index in [0.29, 0.717) is 12.1 Å². The van der Waals surface area contributed by atoms with E-state index in [1.165, 1.54) is 11.8 Å². The molecule has 0 radical (unpaired) electrons. The zero-order chi connectivity index (χ0) is 12.0. The molecule has 0 aromatic carbocycles. The van der Waals surface area contributed by atoms with Crippen LogP contribution in [0.4, 0.5) is 5.69 Å². The molecule has 0 aliphatic carbocycles. The van der Waals surface area contributed by atoms with E-state index < -0.39 is 9.84 Å². The molecule has 0 atom stereocenters. The van der Waals surface area contributed by atoms with E-state index in [1.54, 1.807) is 25.3 Å². The van der Waals surface area contributed by atoms with Gasteiger partial charge < -0.3 is 5.73 Å². The Kier molecular flexibility index (Phi) is 5.08. The Hall–Kier alpha value is -0.750. The van der Waals surface area contributed by atoms with Crippen LogP contribution in [-0.2, 0) is 9.84 Å². The lowest BCUT2D eigenvalue weighted by Crippen LogP contribution is -2.09. The van der Waals surface area contributed by atoms with Gasteiger partial charge in [0.1, 0.15) is 14.9 Å². The molecule has 0 saturated heterocycles. The van der Waals surface area contributed by atoms with E-state index in [2.05, 4.69) is 4.98 Å². The highest BCUT2D eigenvalue weighted by atomic mass is 32.2. The molecular weight excluding hydrogens is 244 g/mol. The van der Waals surface area contributed by atoms with Crippen LogP contribution in [0.5, 0.6) is 0 Å². The number of nitrogens with zero attached hydrogens (tertiary/aromatic N) is 1. The number of nitrogen functional groups attached to an aromatic ring is 1. The SMILES string of the molecule is CCS(=O)(=O)CCCSc1ncccc1N. The Morgan fingerprint density at radius 2 is 2.25 bits per heavy atom. The van der Waals surface area contributed by atoms with Crippen LogP contribution in [0.25, 0.3) is 0 Å². The summed E-state index contributed by atoms with van der Waals surface area (Å²) in [4.78, 5) is 4.12. The number of aromatic nitrogens is 1. The maximum absolute atomic E-state index is 11.2. The third kappa shape index (κ3) is 4.40. The molecule has 1 aromatic heterocycles. The minimum Gasteiger partial charge on any atom is -0.397 e. The van der Waals surface area contributed by atoms with Gasteiger partial charge in [-0.25, -0.2) is 13.4 Å². The minimum absolute atomic E-state index is 0.212. The van der Waals surface area contributed by atoms with E-state index in [-0.39, 0.29) is 11.5 Å². The van der Waals surface area contributed by atoms with Crippen molar-refractivity contribution in [3.05, 3.63) is 18.3 Å². The lowest BCUT2D eigenvalue weighted by atomic mass is 10.4. The second kappa shape index (κ2) is 6.10. The number of anilines is 1. The molecule has 0 saturated carbocycles. The first-order valence-corrected chi connectivity index (χ1v) is 7.89. The fourth-order valence-electron chi connectivity index (χ4n) is 1.12. The zero-order valence-corrected chi connectivity index (χ0v) is 10.9. The topological polar surface area (TPSA) is 73.0 Å². The van der Waals surface area contributed by atoms with E-state index in [4.69, 9.17) is 5.73 Å². The lowest BCUT2D eigenvalue weighted by Gasteiger charge is -2.03. The highest BCUT2D eigenvalue weighted by Gasteiger charge is 2.07. The first kappa shape index (κ1) is 13.3. The predicted molar refractivity (Wildman–Crippen MR) is 68.3 cm³/mol. The number of nitrogens with two attached hydrogens (primary N) is 1. The quantitative estimate of drug-likeness (QED) is 0.621. The van der Waals surface area contributed by atoms with Crippen LogP contribution < -0.4 is 5.73 Å². The molecule has 0 amide bonds. The summed E-state index contributed by atoms with van der Waals surface area (Å²) in [5.41, 5.74) is 6.36. The highest BCUT2D eigenvalue weighted by Crippen LogP contribution is 2.22. The molecule has 1 rings (SSSR count). The van der Waals surface area contributed by atoms with Crippen LogP contribution in [0, 0.1) is 0 Å². The molecule has 16 heavy (non-hydrogen) atoms. The van der Waals surface area contributed by atoms with Crippen molar-refractivity contribution >= 4 is 27.3 Å². The van der Waals surface area contributed by atoms with Gasteiger partial charge in [-0.05, 0) is 18.6 Å². The summed E-state index contributed by atoms with van der Waals surface area (Å²) in [7, 11) is -2.85. The Morgan fingerprint density at radius 3 is 2.88 bits per heavy atom. The van der Waals surface area contributed by atoms with E-state index in [1.807, 2.05) is 0 Å². The maximum Gasteiger partial charge on any atom is 0.150 e. The smallest absolute Gasteiger partial charge is 0.150 e. The summed E-state index contributed by atoms with van der Waals surface area (Å²) < 4.78 is 22.5. The van der Waals surface area contributed by atoms with Gasteiger partial charge in [0, 0.05) is 17.7 Å². The Bertz CT molecular complexity index is 432. The van der Waals surface area contributed by atoms with Crippen LogP contribution >= 0.6 is 11.8 Å². The van der Waals surface area contributed by atoms with Crippen molar-refractivity contribution in [2.75, 3.05) is 23.0 Å². The molecule has 0 bridgehead atoms. The monoisotopic (exact) mass is 260 g/mol. The zero-order valence-electron chi connectivity index (χ0n) is 9.22. The molecule has 0 spiro atoms. The van der Waals surface area contributed by atoms with Gasteiger partial charge in [0.15, 0.2) is 0 Å². The number of pyridine rings is 1. The van der Waals surface area contributed by atoms with Crippen molar-refractivity contribution in [1.29, 1.82) is 0 Å². The molecule has 2 N–H and O–H groups in total. The maximum atomic E-state index is 11.2. The van der Waals surface area contributed by atoms with Crippen LogP contribution in [0.1, 0.15) is 13.3 Å². The molecule has 1 heterocycles. The van der Waals surface area contributed by atoms with Gasteiger partial charge in [0.05, 0.1) is 11.4 Å². The summed E-state index contributed by atoms with van der Waals surface area (Å²) in [5.74, 6) is 1.17. The van der Waals surface area contributed by atoms with Gasteiger partial charge in [-0.15, -0.1) is 11.8 Å². The Balaban J connectivity index is 2.35. The second-order valence-corrected chi connectivity index (χ2v) is 6.89. The van der Waals surface area contributed by atoms with Gasteiger partial charge in [0.25, 0.3) is 0 Å². The second-order valence-electron chi connectivity index (χ2n) is 3.34. The number of rotatable bonds is 6. The summed E-state index contributed by atoms with van der Waals surface area (Å²) in [5, 5.41) is 0.774.